The Labute approximate surface area is 98.7 Å². The summed E-state index contributed by atoms with van der Waals surface area (Å²) in [6, 6.07) is 5.78. The van der Waals surface area contributed by atoms with Crippen LogP contribution < -0.4 is 4.90 Å². The topological polar surface area (TPSA) is 66.3 Å². The number of aryl methyl sites for hydroxylation is 1. The minimum absolute atomic E-state index is 0.0829. The van der Waals surface area contributed by atoms with Crippen LogP contribution in [0.1, 0.15) is 5.56 Å². The van der Waals surface area contributed by atoms with E-state index in [9.17, 15) is 4.79 Å². The highest BCUT2D eigenvalue weighted by Crippen LogP contribution is 2.24. The molecule has 0 unspecified atom stereocenters. The van der Waals surface area contributed by atoms with E-state index in [4.69, 9.17) is 5.11 Å². The van der Waals surface area contributed by atoms with Crippen molar-refractivity contribution in [1.82, 2.24) is 9.97 Å². The van der Waals surface area contributed by atoms with Gasteiger partial charge in [0, 0.05) is 12.4 Å². The van der Waals surface area contributed by atoms with Crippen LogP contribution in [0, 0.1) is 6.92 Å². The van der Waals surface area contributed by atoms with Gasteiger partial charge < -0.3 is 10.0 Å². The fourth-order valence-electron chi connectivity index (χ4n) is 1.83. The Bertz CT molecular complexity index is 563. The van der Waals surface area contributed by atoms with Gasteiger partial charge in [0.15, 0.2) is 0 Å². The number of carboxylic acids is 1. The average molecular weight is 231 g/mol. The molecule has 0 saturated carbocycles. The lowest BCUT2D eigenvalue weighted by Crippen LogP contribution is -2.26. The van der Waals surface area contributed by atoms with Crippen LogP contribution >= 0.6 is 0 Å². The van der Waals surface area contributed by atoms with Gasteiger partial charge in [0.1, 0.15) is 18.7 Å². The second kappa shape index (κ2) is 4.37. The molecule has 5 heteroatoms. The Morgan fingerprint density at radius 2 is 2.18 bits per heavy atom. The van der Waals surface area contributed by atoms with Crippen molar-refractivity contribution in [3.05, 3.63) is 30.1 Å². The molecule has 0 saturated heterocycles. The van der Waals surface area contributed by atoms with Gasteiger partial charge in [-0.05, 0) is 18.6 Å². The molecule has 0 spiro atoms. The second-order valence-electron chi connectivity index (χ2n) is 3.92. The number of fused-ring (bicyclic) bond motifs is 1. The van der Waals surface area contributed by atoms with E-state index >= 15 is 0 Å². The summed E-state index contributed by atoms with van der Waals surface area (Å²) in [6.07, 6.45) is 1.45. The standard InChI is InChI=1S/C12H13N3O2/c1-8-4-3-5-9-11(8)12(14-7-13-9)15(2)6-10(16)17/h3-5,7H,6H2,1-2H3,(H,16,17). The number of rotatable bonds is 3. The first-order valence-electron chi connectivity index (χ1n) is 5.23. The summed E-state index contributed by atoms with van der Waals surface area (Å²) in [5.41, 5.74) is 1.86. The molecule has 1 aromatic heterocycles. The molecule has 88 valence electrons. The SMILES string of the molecule is Cc1cccc2ncnc(N(C)CC(=O)O)c12. The van der Waals surface area contributed by atoms with E-state index in [1.54, 1.807) is 11.9 Å². The number of aliphatic carboxylic acids is 1. The van der Waals surface area contributed by atoms with E-state index in [0.29, 0.717) is 5.82 Å². The zero-order chi connectivity index (χ0) is 12.4. The summed E-state index contributed by atoms with van der Waals surface area (Å²) in [7, 11) is 1.71. The summed E-state index contributed by atoms with van der Waals surface area (Å²) in [4.78, 5) is 20.7. The van der Waals surface area contributed by atoms with Gasteiger partial charge in [0.05, 0.1) is 5.52 Å². The van der Waals surface area contributed by atoms with Gasteiger partial charge in [-0.25, -0.2) is 9.97 Å². The molecule has 1 heterocycles. The molecule has 1 N–H and O–H groups in total. The maximum atomic E-state index is 10.7. The van der Waals surface area contributed by atoms with Crippen LogP contribution in [0.5, 0.6) is 0 Å². The Balaban J connectivity index is 2.57. The highest BCUT2D eigenvalue weighted by atomic mass is 16.4. The quantitative estimate of drug-likeness (QED) is 0.866. The molecule has 1 aromatic carbocycles. The Morgan fingerprint density at radius 1 is 1.41 bits per heavy atom. The number of likely N-dealkylation sites (N-methyl/N-ethyl adjacent to an activating group) is 1. The molecule has 2 rings (SSSR count). The minimum atomic E-state index is -0.882. The zero-order valence-corrected chi connectivity index (χ0v) is 9.71. The first kappa shape index (κ1) is 11.3. The molecule has 2 aromatic rings. The molecule has 0 bridgehead atoms. The predicted molar refractivity (Wildman–Crippen MR) is 65.2 cm³/mol. The van der Waals surface area contributed by atoms with E-state index in [1.165, 1.54) is 6.33 Å². The van der Waals surface area contributed by atoms with Crippen molar-refractivity contribution in [2.75, 3.05) is 18.5 Å². The molecule has 0 aliphatic rings. The molecule has 0 aliphatic heterocycles. The second-order valence-corrected chi connectivity index (χ2v) is 3.92. The number of hydrogen-bond donors (Lipinski definition) is 1. The lowest BCUT2D eigenvalue weighted by Gasteiger charge is -2.18. The van der Waals surface area contributed by atoms with Crippen LogP contribution in [0.3, 0.4) is 0 Å². The predicted octanol–water partition coefficient (Wildman–Crippen LogP) is 1.46. The number of hydrogen-bond acceptors (Lipinski definition) is 4. The van der Waals surface area contributed by atoms with E-state index < -0.39 is 5.97 Å². The number of carboxylic acid groups (broad SMARTS) is 1. The zero-order valence-electron chi connectivity index (χ0n) is 9.71. The van der Waals surface area contributed by atoms with Gasteiger partial charge in [-0.15, -0.1) is 0 Å². The van der Waals surface area contributed by atoms with Gasteiger partial charge >= 0.3 is 5.97 Å². The van der Waals surface area contributed by atoms with Gasteiger partial charge in [-0.3, -0.25) is 4.79 Å². The van der Waals surface area contributed by atoms with Crippen molar-refractivity contribution in [3.63, 3.8) is 0 Å². The maximum absolute atomic E-state index is 10.7. The van der Waals surface area contributed by atoms with Gasteiger partial charge in [0.2, 0.25) is 0 Å². The third kappa shape index (κ3) is 2.18. The Hall–Kier alpha value is -2.17. The summed E-state index contributed by atoms with van der Waals surface area (Å²) in [5.74, 6) is -0.233. The van der Waals surface area contributed by atoms with Crippen LogP contribution in [0.4, 0.5) is 5.82 Å². The third-order valence-electron chi connectivity index (χ3n) is 2.59. The molecule has 5 nitrogen and oxygen atoms in total. The van der Waals surface area contributed by atoms with Crippen molar-refractivity contribution >= 4 is 22.7 Å². The lowest BCUT2D eigenvalue weighted by atomic mass is 10.1. The maximum Gasteiger partial charge on any atom is 0.323 e. The fraction of sp³-hybridized carbons (Fsp3) is 0.250. The van der Waals surface area contributed by atoms with E-state index in [-0.39, 0.29) is 6.54 Å². The molecular formula is C12H13N3O2. The fourth-order valence-corrected chi connectivity index (χ4v) is 1.83. The Morgan fingerprint density at radius 3 is 2.88 bits per heavy atom. The molecule has 0 atom stereocenters. The molecule has 0 fully saturated rings. The summed E-state index contributed by atoms with van der Waals surface area (Å²) in [5, 5.41) is 9.70. The first-order valence-corrected chi connectivity index (χ1v) is 5.23. The largest absolute Gasteiger partial charge is 0.480 e. The van der Waals surface area contributed by atoms with Crippen molar-refractivity contribution in [2.45, 2.75) is 6.92 Å². The van der Waals surface area contributed by atoms with Crippen LogP contribution in [0.2, 0.25) is 0 Å². The highest BCUT2D eigenvalue weighted by molar-refractivity contribution is 5.93. The van der Waals surface area contributed by atoms with E-state index in [1.807, 2.05) is 25.1 Å². The molecule has 0 amide bonds. The summed E-state index contributed by atoms with van der Waals surface area (Å²) < 4.78 is 0. The highest BCUT2D eigenvalue weighted by Gasteiger charge is 2.12. The van der Waals surface area contributed by atoms with Crippen LogP contribution in [-0.4, -0.2) is 34.6 Å². The smallest absolute Gasteiger partial charge is 0.323 e. The van der Waals surface area contributed by atoms with Gasteiger partial charge in [0.25, 0.3) is 0 Å². The van der Waals surface area contributed by atoms with Crippen LogP contribution in [0.15, 0.2) is 24.5 Å². The lowest BCUT2D eigenvalue weighted by molar-refractivity contribution is -0.135. The summed E-state index contributed by atoms with van der Waals surface area (Å²) in [6.45, 7) is 1.88. The number of benzene rings is 1. The number of nitrogens with zero attached hydrogens (tertiary/aromatic N) is 3. The first-order chi connectivity index (χ1) is 8.09. The van der Waals surface area contributed by atoms with Crippen molar-refractivity contribution in [1.29, 1.82) is 0 Å². The van der Waals surface area contributed by atoms with Crippen LogP contribution in [-0.2, 0) is 4.79 Å². The van der Waals surface area contributed by atoms with Crippen molar-refractivity contribution in [2.24, 2.45) is 0 Å². The van der Waals surface area contributed by atoms with E-state index in [2.05, 4.69) is 9.97 Å². The normalized spacial score (nSPS) is 10.5. The third-order valence-corrected chi connectivity index (χ3v) is 2.59. The number of aromatic nitrogens is 2. The molecule has 0 aliphatic carbocycles. The Kier molecular flexibility index (Phi) is 2.91. The minimum Gasteiger partial charge on any atom is -0.480 e. The number of carbonyl (C=O) groups is 1. The van der Waals surface area contributed by atoms with Gasteiger partial charge in [-0.1, -0.05) is 12.1 Å². The molecule has 0 radical (unpaired) electrons. The summed E-state index contributed by atoms with van der Waals surface area (Å²) >= 11 is 0. The average Bonchev–Trinajstić information content (AvgIpc) is 2.28. The molecular weight excluding hydrogens is 218 g/mol. The van der Waals surface area contributed by atoms with Crippen LogP contribution in [0.25, 0.3) is 10.9 Å². The number of anilines is 1. The van der Waals surface area contributed by atoms with E-state index in [0.717, 1.165) is 16.5 Å². The van der Waals surface area contributed by atoms with Crippen molar-refractivity contribution < 1.29 is 9.90 Å². The van der Waals surface area contributed by atoms with Gasteiger partial charge in [-0.2, -0.15) is 0 Å². The van der Waals surface area contributed by atoms with Crippen molar-refractivity contribution in [3.8, 4) is 0 Å². The monoisotopic (exact) mass is 231 g/mol. The molecule has 17 heavy (non-hydrogen) atoms.